The van der Waals surface area contributed by atoms with Gasteiger partial charge in [-0.05, 0) is 46.3 Å². The van der Waals surface area contributed by atoms with Crippen molar-refractivity contribution in [1.29, 1.82) is 0 Å². The summed E-state index contributed by atoms with van der Waals surface area (Å²) >= 11 is 3.27. The molecule has 0 saturated carbocycles. The normalized spacial score (nSPS) is 12.1. The van der Waals surface area contributed by atoms with E-state index < -0.39 is 26.6 Å². The molecule has 152 valence electrons. The zero-order chi connectivity index (χ0) is 21.1. The van der Waals surface area contributed by atoms with E-state index in [1.165, 1.54) is 61.8 Å². The van der Waals surface area contributed by atoms with Crippen molar-refractivity contribution in [3.63, 3.8) is 0 Å². The van der Waals surface area contributed by atoms with Crippen LogP contribution in [0.2, 0.25) is 0 Å². The maximum absolute atomic E-state index is 13.3. The number of sulfonamides is 2. The number of aromatic nitrogens is 1. The highest BCUT2D eigenvalue weighted by molar-refractivity contribution is 9.10. The van der Waals surface area contributed by atoms with Crippen LogP contribution in [0.5, 0.6) is 5.88 Å². The molecule has 0 bridgehead atoms. The van der Waals surface area contributed by atoms with Gasteiger partial charge in [0.05, 0.1) is 23.4 Å². The van der Waals surface area contributed by atoms with Crippen LogP contribution >= 0.6 is 15.9 Å². The van der Waals surface area contributed by atoms with Crippen molar-refractivity contribution in [1.82, 2.24) is 8.69 Å². The number of halogens is 1. The number of methoxy groups -OCH3 is 1. The number of ether oxygens (including phenoxy) is 1. The number of hydrogen-bond donors (Lipinski definition) is 0. The predicted octanol–water partition coefficient (Wildman–Crippen LogP) is 3.43. The van der Waals surface area contributed by atoms with Gasteiger partial charge < -0.3 is 4.74 Å². The van der Waals surface area contributed by atoms with E-state index in [0.29, 0.717) is 13.7 Å². The monoisotopic (exact) mass is 496 g/mol. The number of benzene rings is 2. The maximum atomic E-state index is 13.3. The Kier molecular flexibility index (Phi) is 6.37. The Morgan fingerprint density at radius 3 is 1.83 bits per heavy atom. The van der Waals surface area contributed by atoms with Gasteiger partial charge >= 0.3 is 0 Å². The van der Waals surface area contributed by atoms with Crippen LogP contribution in [-0.4, -0.2) is 32.6 Å². The van der Waals surface area contributed by atoms with Crippen molar-refractivity contribution in [2.75, 3.05) is 7.11 Å². The van der Waals surface area contributed by atoms with Gasteiger partial charge in [-0.1, -0.05) is 40.1 Å². The molecule has 3 aromatic rings. The zero-order valence-corrected chi connectivity index (χ0v) is 18.5. The Morgan fingerprint density at radius 2 is 1.38 bits per heavy atom. The second-order valence-electron chi connectivity index (χ2n) is 5.89. The summed E-state index contributed by atoms with van der Waals surface area (Å²) in [6, 6.07) is 16.4. The highest BCUT2D eigenvalue weighted by atomic mass is 79.9. The molecule has 0 fully saturated rings. The van der Waals surface area contributed by atoms with E-state index in [1.807, 2.05) is 0 Å². The fourth-order valence-electron chi connectivity index (χ4n) is 2.62. The van der Waals surface area contributed by atoms with Crippen LogP contribution in [0.3, 0.4) is 0 Å². The SMILES string of the molecule is COc1ncc(Br)cc1CN(S(=O)(=O)c1ccccc1)S(=O)(=O)c1ccccc1. The Morgan fingerprint density at radius 1 is 0.897 bits per heavy atom. The molecule has 0 saturated heterocycles. The van der Waals surface area contributed by atoms with Crippen LogP contribution in [0, 0.1) is 0 Å². The third-order valence-electron chi connectivity index (χ3n) is 4.00. The topological polar surface area (TPSA) is 93.6 Å². The molecule has 2 aromatic carbocycles. The molecule has 3 rings (SSSR count). The molecule has 0 aliphatic carbocycles. The third-order valence-corrected chi connectivity index (χ3v) is 8.68. The van der Waals surface area contributed by atoms with E-state index in [2.05, 4.69) is 20.9 Å². The summed E-state index contributed by atoms with van der Waals surface area (Å²) in [5, 5.41) is 0. The molecule has 0 radical (unpaired) electrons. The number of nitrogens with zero attached hydrogens (tertiary/aromatic N) is 2. The number of hydrogen-bond acceptors (Lipinski definition) is 6. The molecule has 0 amide bonds. The molecule has 0 N–H and O–H groups in total. The lowest BCUT2D eigenvalue weighted by atomic mass is 10.3. The Hall–Kier alpha value is -2.27. The zero-order valence-electron chi connectivity index (χ0n) is 15.3. The quantitative estimate of drug-likeness (QED) is 0.497. The van der Waals surface area contributed by atoms with Crippen LogP contribution in [0.15, 0.2) is 87.2 Å². The van der Waals surface area contributed by atoms with Crippen LogP contribution in [0.4, 0.5) is 0 Å². The van der Waals surface area contributed by atoms with E-state index in [-0.39, 0.29) is 15.7 Å². The van der Waals surface area contributed by atoms with Crippen LogP contribution in [-0.2, 0) is 26.6 Å². The minimum absolute atomic E-state index is 0.129. The van der Waals surface area contributed by atoms with Crippen molar-refractivity contribution in [3.8, 4) is 5.88 Å². The van der Waals surface area contributed by atoms with Crippen molar-refractivity contribution in [2.24, 2.45) is 0 Å². The van der Waals surface area contributed by atoms with E-state index in [4.69, 9.17) is 4.74 Å². The average Bonchev–Trinajstić information content (AvgIpc) is 2.73. The van der Waals surface area contributed by atoms with Crippen molar-refractivity contribution < 1.29 is 21.6 Å². The molecule has 10 heteroatoms. The van der Waals surface area contributed by atoms with Gasteiger partial charge in [0.1, 0.15) is 0 Å². The summed E-state index contributed by atoms with van der Waals surface area (Å²) < 4.78 is 59.5. The summed E-state index contributed by atoms with van der Waals surface area (Å²) in [5.41, 5.74) is 0.292. The molecule has 0 spiro atoms. The Balaban J connectivity index is 2.19. The first kappa shape index (κ1) is 21.4. The van der Waals surface area contributed by atoms with Gasteiger partial charge in [-0.2, -0.15) is 0 Å². The lowest BCUT2D eigenvalue weighted by molar-refractivity contribution is 0.387. The standard InChI is InChI=1S/C19H17BrN2O5S2/c1-27-19-15(12-16(20)13-21-19)14-22(28(23,24)17-8-4-2-5-9-17)29(25,26)18-10-6-3-7-11-18/h2-13H,14H2,1H3. The smallest absolute Gasteiger partial charge is 0.256 e. The molecule has 0 atom stereocenters. The molecule has 1 aromatic heterocycles. The first-order chi connectivity index (χ1) is 13.8. The van der Waals surface area contributed by atoms with E-state index in [0.717, 1.165) is 0 Å². The molecule has 29 heavy (non-hydrogen) atoms. The molecule has 0 aliphatic rings. The van der Waals surface area contributed by atoms with Gasteiger partial charge in [-0.25, -0.2) is 21.8 Å². The molecular formula is C19H17BrN2O5S2. The van der Waals surface area contributed by atoms with E-state index in [9.17, 15) is 16.8 Å². The van der Waals surface area contributed by atoms with Crippen molar-refractivity contribution in [3.05, 3.63) is 83.0 Å². The first-order valence-electron chi connectivity index (χ1n) is 8.33. The highest BCUT2D eigenvalue weighted by Crippen LogP contribution is 2.29. The summed E-state index contributed by atoms with van der Waals surface area (Å²) in [5.74, 6) is 0.129. The lowest BCUT2D eigenvalue weighted by Crippen LogP contribution is -2.36. The Labute approximate surface area is 178 Å². The summed E-state index contributed by atoms with van der Waals surface area (Å²) in [6.07, 6.45) is 1.48. The van der Waals surface area contributed by atoms with Crippen LogP contribution in [0.1, 0.15) is 5.56 Å². The van der Waals surface area contributed by atoms with E-state index >= 15 is 0 Å². The maximum Gasteiger partial charge on any atom is 0.256 e. The lowest BCUT2D eigenvalue weighted by Gasteiger charge is -2.23. The molecular weight excluding hydrogens is 480 g/mol. The fourth-order valence-corrected chi connectivity index (χ4v) is 6.64. The second kappa shape index (κ2) is 8.62. The molecule has 0 unspecified atom stereocenters. The number of pyridine rings is 1. The van der Waals surface area contributed by atoms with Gasteiger partial charge in [-0.3, -0.25) is 0 Å². The Bertz CT molecular complexity index is 1130. The van der Waals surface area contributed by atoms with Crippen LogP contribution in [0.25, 0.3) is 0 Å². The average molecular weight is 497 g/mol. The summed E-state index contributed by atoms with van der Waals surface area (Å²) in [4.78, 5) is 3.80. The minimum atomic E-state index is -4.40. The van der Waals surface area contributed by atoms with Gasteiger partial charge in [0, 0.05) is 16.2 Å². The second-order valence-corrected chi connectivity index (χ2v) is 10.8. The largest absolute Gasteiger partial charge is 0.481 e. The summed E-state index contributed by atoms with van der Waals surface area (Å²) in [7, 11) is -7.42. The van der Waals surface area contributed by atoms with Crippen molar-refractivity contribution in [2.45, 2.75) is 16.3 Å². The van der Waals surface area contributed by atoms with Crippen molar-refractivity contribution >= 4 is 36.0 Å². The third kappa shape index (κ3) is 4.50. The van der Waals surface area contributed by atoms with E-state index in [1.54, 1.807) is 18.2 Å². The van der Waals surface area contributed by atoms with Gasteiger partial charge in [0.2, 0.25) is 5.88 Å². The van der Waals surface area contributed by atoms with Crippen LogP contribution < -0.4 is 4.74 Å². The van der Waals surface area contributed by atoms with Gasteiger partial charge in [0.25, 0.3) is 20.0 Å². The highest BCUT2D eigenvalue weighted by Gasteiger charge is 2.37. The summed E-state index contributed by atoms with van der Waals surface area (Å²) in [6.45, 7) is -0.482. The molecule has 7 nitrogen and oxygen atoms in total. The van der Waals surface area contributed by atoms with Gasteiger partial charge in [-0.15, -0.1) is 0 Å². The number of rotatable bonds is 7. The fraction of sp³-hybridized carbons (Fsp3) is 0.105. The van der Waals surface area contributed by atoms with Gasteiger partial charge in [0.15, 0.2) is 0 Å². The molecule has 1 heterocycles. The first-order valence-corrected chi connectivity index (χ1v) is 12.0. The molecule has 0 aliphatic heterocycles. The minimum Gasteiger partial charge on any atom is -0.481 e. The predicted molar refractivity (Wildman–Crippen MR) is 111 cm³/mol.